The van der Waals surface area contributed by atoms with Gasteiger partial charge in [0.1, 0.15) is 11.8 Å². The highest BCUT2D eigenvalue weighted by Gasteiger charge is 2.18. The standard InChI is InChI=1S/C19H18N4O4/c1-3-9-22(18-5-4-6-19(21-18)23(25)26)16-8-7-15(17(11-16)27-2)10-14(12-20)13-24/h4-8,10-11,13H,3,9H2,1-2H3/b14-10-. The Morgan fingerprint density at radius 2 is 2.19 bits per heavy atom. The van der Waals surface area contributed by atoms with Crippen LogP contribution in [0.25, 0.3) is 6.08 Å². The molecule has 0 radical (unpaired) electrons. The first-order chi connectivity index (χ1) is 13.0. The highest BCUT2D eigenvalue weighted by atomic mass is 16.6. The lowest BCUT2D eigenvalue weighted by molar-refractivity contribution is -0.389. The maximum absolute atomic E-state index is 11.0. The molecule has 0 fully saturated rings. The Hall–Kier alpha value is -3.73. The highest BCUT2D eigenvalue weighted by molar-refractivity contribution is 5.88. The quantitative estimate of drug-likeness (QED) is 0.230. The van der Waals surface area contributed by atoms with E-state index in [1.807, 2.05) is 11.8 Å². The number of nitrogens with zero attached hydrogens (tertiary/aromatic N) is 4. The van der Waals surface area contributed by atoms with Gasteiger partial charge in [0.05, 0.1) is 12.7 Å². The summed E-state index contributed by atoms with van der Waals surface area (Å²) < 4.78 is 5.38. The van der Waals surface area contributed by atoms with E-state index in [-0.39, 0.29) is 11.4 Å². The van der Waals surface area contributed by atoms with Gasteiger partial charge < -0.3 is 19.8 Å². The molecule has 0 aliphatic rings. The van der Waals surface area contributed by atoms with E-state index in [1.165, 1.54) is 19.3 Å². The van der Waals surface area contributed by atoms with Crippen LogP contribution in [-0.4, -0.2) is 29.8 Å². The zero-order valence-electron chi connectivity index (χ0n) is 15.0. The van der Waals surface area contributed by atoms with Gasteiger partial charge in [-0.1, -0.05) is 6.92 Å². The van der Waals surface area contributed by atoms with Crippen molar-refractivity contribution in [2.24, 2.45) is 0 Å². The highest BCUT2D eigenvalue weighted by Crippen LogP contribution is 2.31. The normalized spacial score (nSPS) is 10.8. The maximum Gasteiger partial charge on any atom is 0.365 e. The summed E-state index contributed by atoms with van der Waals surface area (Å²) in [7, 11) is 1.49. The average Bonchev–Trinajstić information content (AvgIpc) is 2.70. The minimum absolute atomic E-state index is 0.0215. The molecule has 2 aromatic rings. The van der Waals surface area contributed by atoms with Crippen LogP contribution in [-0.2, 0) is 4.79 Å². The molecule has 0 unspecified atom stereocenters. The molecule has 0 spiro atoms. The first kappa shape index (κ1) is 19.6. The van der Waals surface area contributed by atoms with E-state index in [4.69, 9.17) is 10.00 Å². The van der Waals surface area contributed by atoms with Crippen molar-refractivity contribution < 1.29 is 14.5 Å². The van der Waals surface area contributed by atoms with Crippen molar-refractivity contribution in [3.8, 4) is 11.8 Å². The second kappa shape index (κ2) is 9.10. The van der Waals surface area contributed by atoms with Gasteiger partial charge in [-0.3, -0.25) is 4.79 Å². The molecular formula is C19H18N4O4. The van der Waals surface area contributed by atoms with E-state index < -0.39 is 4.92 Å². The molecular weight excluding hydrogens is 348 g/mol. The van der Waals surface area contributed by atoms with Gasteiger partial charge in [-0.05, 0) is 40.6 Å². The number of allylic oxidation sites excluding steroid dienone is 1. The van der Waals surface area contributed by atoms with Crippen molar-refractivity contribution in [2.45, 2.75) is 13.3 Å². The minimum Gasteiger partial charge on any atom is -0.496 e. The van der Waals surface area contributed by atoms with Crippen molar-refractivity contribution in [2.75, 3.05) is 18.6 Å². The molecule has 0 aliphatic carbocycles. The van der Waals surface area contributed by atoms with E-state index in [1.54, 1.807) is 36.4 Å². The number of anilines is 2. The predicted molar refractivity (Wildman–Crippen MR) is 101 cm³/mol. The number of nitriles is 1. The monoisotopic (exact) mass is 366 g/mol. The zero-order chi connectivity index (χ0) is 19.8. The smallest absolute Gasteiger partial charge is 0.365 e. The van der Waals surface area contributed by atoms with Crippen molar-refractivity contribution in [3.05, 3.63) is 57.6 Å². The van der Waals surface area contributed by atoms with Crippen molar-refractivity contribution in [3.63, 3.8) is 0 Å². The molecule has 0 saturated heterocycles. The Bertz CT molecular complexity index is 918. The summed E-state index contributed by atoms with van der Waals surface area (Å²) in [5, 5.41) is 19.9. The first-order valence-electron chi connectivity index (χ1n) is 8.18. The van der Waals surface area contributed by atoms with Crippen LogP contribution in [0.5, 0.6) is 5.75 Å². The van der Waals surface area contributed by atoms with Crippen molar-refractivity contribution in [1.29, 1.82) is 5.26 Å². The molecule has 0 amide bonds. The van der Waals surface area contributed by atoms with Gasteiger partial charge >= 0.3 is 5.82 Å². The summed E-state index contributed by atoms with van der Waals surface area (Å²) >= 11 is 0. The molecule has 138 valence electrons. The third kappa shape index (κ3) is 4.67. The predicted octanol–water partition coefficient (Wildman–Crippen LogP) is 3.65. The summed E-state index contributed by atoms with van der Waals surface area (Å²) in [6.45, 7) is 2.58. The molecule has 0 N–H and O–H groups in total. The molecule has 0 aliphatic heterocycles. The topological polar surface area (TPSA) is 109 Å². The van der Waals surface area contributed by atoms with Gasteiger partial charge in [-0.15, -0.1) is 0 Å². The van der Waals surface area contributed by atoms with E-state index >= 15 is 0 Å². The summed E-state index contributed by atoms with van der Waals surface area (Å²) in [6, 6.07) is 11.7. The second-order valence-corrected chi connectivity index (χ2v) is 5.52. The number of carbonyl (C=O) groups excluding carboxylic acids is 1. The average molecular weight is 366 g/mol. The SMILES string of the molecule is CCCN(c1ccc(/C=C(/C#N)C=O)c(OC)c1)c1cccc([N+](=O)[O-])n1. The number of pyridine rings is 1. The molecule has 1 aromatic carbocycles. The number of hydrogen-bond acceptors (Lipinski definition) is 7. The molecule has 0 atom stereocenters. The van der Waals surface area contributed by atoms with Crippen LogP contribution >= 0.6 is 0 Å². The lowest BCUT2D eigenvalue weighted by atomic mass is 10.1. The number of nitro groups is 1. The van der Waals surface area contributed by atoms with Gasteiger partial charge in [0, 0.05) is 36.0 Å². The van der Waals surface area contributed by atoms with Crippen LogP contribution in [0.4, 0.5) is 17.3 Å². The lowest BCUT2D eigenvalue weighted by Crippen LogP contribution is -2.19. The Morgan fingerprint density at radius 3 is 2.78 bits per heavy atom. The number of aldehydes is 1. The molecule has 1 aromatic heterocycles. The van der Waals surface area contributed by atoms with E-state index in [9.17, 15) is 14.9 Å². The molecule has 1 heterocycles. The van der Waals surface area contributed by atoms with Crippen molar-refractivity contribution in [1.82, 2.24) is 4.98 Å². The molecule has 8 nitrogen and oxygen atoms in total. The number of ether oxygens (including phenoxy) is 1. The van der Waals surface area contributed by atoms with Crippen LogP contribution < -0.4 is 9.64 Å². The lowest BCUT2D eigenvalue weighted by Gasteiger charge is -2.21. The van der Waals surface area contributed by atoms with E-state index in [2.05, 4.69) is 4.98 Å². The third-order valence-electron chi connectivity index (χ3n) is 3.73. The van der Waals surface area contributed by atoms with Gasteiger partial charge in [0.15, 0.2) is 6.29 Å². The largest absolute Gasteiger partial charge is 0.496 e. The summed E-state index contributed by atoms with van der Waals surface area (Å²) in [4.78, 5) is 27.3. The number of rotatable bonds is 8. The van der Waals surface area contributed by atoms with E-state index in [0.717, 1.165) is 12.1 Å². The fraction of sp³-hybridized carbons (Fsp3) is 0.211. The molecule has 8 heteroatoms. The van der Waals surface area contributed by atoms with Crippen LogP contribution in [0.1, 0.15) is 18.9 Å². The van der Waals surface area contributed by atoms with Crippen LogP contribution in [0.3, 0.4) is 0 Å². The summed E-state index contributed by atoms with van der Waals surface area (Å²) in [6.07, 6.45) is 2.70. The van der Waals surface area contributed by atoms with Gasteiger partial charge in [-0.2, -0.15) is 5.26 Å². The third-order valence-corrected chi connectivity index (χ3v) is 3.73. The number of carbonyl (C=O) groups is 1. The van der Waals surface area contributed by atoms with Gasteiger partial charge in [0.25, 0.3) is 0 Å². The van der Waals surface area contributed by atoms with Crippen LogP contribution in [0.15, 0.2) is 42.0 Å². The Kier molecular flexibility index (Phi) is 6.61. The summed E-state index contributed by atoms with van der Waals surface area (Å²) in [5.74, 6) is 0.681. The number of methoxy groups -OCH3 is 1. The zero-order valence-corrected chi connectivity index (χ0v) is 15.0. The summed E-state index contributed by atoms with van der Waals surface area (Å²) in [5.41, 5.74) is 1.28. The van der Waals surface area contributed by atoms with E-state index in [0.29, 0.717) is 30.0 Å². The van der Waals surface area contributed by atoms with Crippen LogP contribution in [0, 0.1) is 21.4 Å². The van der Waals surface area contributed by atoms with Crippen LogP contribution in [0.2, 0.25) is 0 Å². The number of benzene rings is 1. The molecule has 0 saturated carbocycles. The fourth-order valence-corrected chi connectivity index (χ4v) is 2.51. The maximum atomic E-state index is 11.0. The molecule has 0 bridgehead atoms. The fourth-order valence-electron chi connectivity index (χ4n) is 2.51. The molecule has 27 heavy (non-hydrogen) atoms. The van der Waals surface area contributed by atoms with Gasteiger partial charge in [-0.25, -0.2) is 0 Å². The number of aromatic nitrogens is 1. The Labute approximate surface area is 156 Å². The first-order valence-corrected chi connectivity index (χ1v) is 8.18. The minimum atomic E-state index is -0.537. The van der Waals surface area contributed by atoms with Gasteiger partial charge in [0.2, 0.25) is 5.82 Å². The van der Waals surface area contributed by atoms with Crippen molar-refractivity contribution >= 4 is 29.7 Å². The second-order valence-electron chi connectivity index (χ2n) is 5.52. The Balaban J connectivity index is 2.51. The number of hydrogen-bond donors (Lipinski definition) is 0. The molecule has 2 rings (SSSR count). The Morgan fingerprint density at radius 1 is 1.41 bits per heavy atom.